The van der Waals surface area contributed by atoms with Gasteiger partial charge in [-0.05, 0) is 185 Å². The zero-order chi connectivity index (χ0) is 60.0. The summed E-state index contributed by atoms with van der Waals surface area (Å²) < 4.78 is 6.81. The van der Waals surface area contributed by atoms with Gasteiger partial charge < -0.3 is 19.1 Å². The Bertz CT molecular complexity index is 4360. The van der Waals surface area contributed by atoms with Gasteiger partial charge in [0.1, 0.15) is 11.2 Å². The second kappa shape index (κ2) is 18.1. The van der Waals surface area contributed by atoms with Crippen molar-refractivity contribution in [1.82, 2.24) is 0 Å². The molecular weight excluding hydrogens is 1030 g/mol. The van der Waals surface area contributed by atoms with Gasteiger partial charge in [0.25, 0.3) is 6.71 Å². The highest BCUT2D eigenvalue weighted by Gasteiger charge is 2.50. The van der Waals surface area contributed by atoms with Gasteiger partial charge in [0.05, 0.1) is 16.8 Å². The molecule has 0 saturated carbocycles. The van der Waals surface area contributed by atoms with E-state index in [1.165, 1.54) is 94.8 Å². The summed E-state index contributed by atoms with van der Waals surface area (Å²) in [6, 6.07) is 66.3. The van der Waals surface area contributed by atoms with Crippen molar-refractivity contribution in [3.05, 3.63) is 225 Å². The lowest BCUT2D eigenvalue weighted by Crippen LogP contribution is -2.62. The third-order valence-corrected chi connectivity index (χ3v) is 20.5. The van der Waals surface area contributed by atoms with Crippen LogP contribution in [0.1, 0.15) is 180 Å². The third kappa shape index (κ3) is 8.28. The van der Waals surface area contributed by atoms with E-state index in [1.807, 2.05) is 0 Å². The van der Waals surface area contributed by atoms with Crippen LogP contribution in [0, 0.1) is 6.92 Å². The van der Waals surface area contributed by atoms with Gasteiger partial charge >= 0.3 is 0 Å². The third-order valence-electron chi connectivity index (χ3n) is 20.5. The maximum Gasteiger partial charge on any atom is 0.252 e. The largest absolute Gasteiger partial charge is 0.456 e. The molecule has 428 valence electrons. The number of fused-ring (bicyclic) bond motifs is 10. The van der Waals surface area contributed by atoms with Crippen molar-refractivity contribution in [2.45, 2.75) is 169 Å². The molecule has 2 aliphatic heterocycles. The maximum atomic E-state index is 6.81. The Kier molecular flexibility index (Phi) is 11.8. The van der Waals surface area contributed by atoms with E-state index in [0.717, 1.165) is 56.8 Å². The van der Waals surface area contributed by atoms with Crippen molar-refractivity contribution in [2.75, 3.05) is 14.7 Å². The fourth-order valence-electron chi connectivity index (χ4n) is 16.0. The molecule has 85 heavy (non-hydrogen) atoms. The summed E-state index contributed by atoms with van der Waals surface area (Å²) in [5.41, 5.74) is 29.2. The molecule has 0 N–H and O–H groups in total. The van der Waals surface area contributed by atoms with Gasteiger partial charge in [-0.25, -0.2) is 0 Å². The van der Waals surface area contributed by atoms with Gasteiger partial charge in [-0.1, -0.05) is 215 Å². The number of anilines is 9. The molecule has 0 spiro atoms. The van der Waals surface area contributed by atoms with E-state index in [0.29, 0.717) is 0 Å². The van der Waals surface area contributed by atoms with Gasteiger partial charge in [0, 0.05) is 56.0 Å². The Morgan fingerprint density at radius 1 is 0.400 bits per heavy atom. The Balaban J connectivity index is 1.16. The van der Waals surface area contributed by atoms with Crippen molar-refractivity contribution in [3.8, 4) is 0 Å². The molecule has 14 rings (SSSR count). The van der Waals surface area contributed by atoms with Crippen LogP contribution in [0.15, 0.2) is 174 Å². The van der Waals surface area contributed by atoms with Gasteiger partial charge in [-0.15, -0.1) is 0 Å². The molecule has 2 aliphatic carbocycles. The molecule has 0 bridgehead atoms. The number of aryl methyl sites for hydroxylation is 1. The number of hydrogen-bond donors (Lipinski definition) is 0. The maximum absolute atomic E-state index is 6.81. The average Bonchev–Trinajstić information content (AvgIpc) is 1.46. The fraction of sp³-hybridized carbons (Fsp3) is 0.325. The number of nitrogens with zero attached hydrogens (tertiary/aromatic N) is 3. The lowest BCUT2D eigenvalue weighted by atomic mass is 9.33. The minimum atomic E-state index is -0.267. The first-order chi connectivity index (χ1) is 39.9. The molecule has 1 aromatic heterocycles. The van der Waals surface area contributed by atoms with Gasteiger partial charge in [-0.2, -0.15) is 0 Å². The van der Waals surface area contributed by atoms with E-state index in [2.05, 4.69) is 309 Å². The molecule has 4 nitrogen and oxygen atoms in total. The first-order valence-corrected chi connectivity index (χ1v) is 31.2. The zero-order valence-corrected chi connectivity index (χ0v) is 53.7. The highest BCUT2D eigenvalue weighted by molar-refractivity contribution is 7.00. The number of furan rings is 1. The Morgan fingerprint density at radius 3 is 1.46 bits per heavy atom. The minimum absolute atomic E-state index is 0.0157. The van der Waals surface area contributed by atoms with E-state index in [-0.39, 0.29) is 44.6 Å². The smallest absolute Gasteiger partial charge is 0.252 e. The van der Waals surface area contributed by atoms with Crippen LogP contribution in [0.3, 0.4) is 0 Å². The number of para-hydroxylation sites is 1. The molecule has 9 aromatic carbocycles. The van der Waals surface area contributed by atoms with E-state index in [9.17, 15) is 0 Å². The van der Waals surface area contributed by atoms with Crippen molar-refractivity contribution in [1.29, 1.82) is 0 Å². The molecule has 10 aromatic rings. The van der Waals surface area contributed by atoms with E-state index in [1.54, 1.807) is 0 Å². The normalized spacial score (nSPS) is 16.8. The molecule has 0 radical (unpaired) electrons. The van der Waals surface area contributed by atoms with Crippen molar-refractivity contribution < 1.29 is 4.42 Å². The first-order valence-electron chi connectivity index (χ1n) is 31.2. The second-order valence-electron chi connectivity index (χ2n) is 31.1. The van der Waals surface area contributed by atoms with Crippen molar-refractivity contribution >= 4 is 96.2 Å². The van der Waals surface area contributed by atoms with Crippen LogP contribution in [0.5, 0.6) is 0 Å². The topological polar surface area (TPSA) is 22.9 Å². The van der Waals surface area contributed by atoms with E-state index in [4.69, 9.17) is 4.42 Å². The highest BCUT2D eigenvalue weighted by atomic mass is 16.3. The number of benzene rings is 9. The molecular formula is C80H84BN3O. The molecule has 0 amide bonds. The lowest BCUT2D eigenvalue weighted by molar-refractivity contribution is 0.403. The van der Waals surface area contributed by atoms with Crippen LogP contribution in [0.2, 0.25) is 0 Å². The highest BCUT2D eigenvalue weighted by Crippen LogP contribution is 2.57. The minimum Gasteiger partial charge on any atom is -0.456 e. The molecule has 0 saturated heterocycles. The Labute approximate surface area is 507 Å². The fourth-order valence-corrected chi connectivity index (χ4v) is 16.0. The van der Waals surface area contributed by atoms with Crippen LogP contribution in [-0.2, 0) is 37.9 Å². The summed E-state index contributed by atoms with van der Waals surface area (Å²) >= 11 is 0. The average molecular weight is 1110 g/mol. The lowest BCUT2D eigenvalue weighted by Gasteiger charge is -2.47. The van der Waals surface area contributed by atoms with Crippen LogP contribution in [0.4, 0.5) is 51.2 Å². The monoisotopic (exact) mass is 1110 g/mol. The quantitative estimate of drug-likeness (QED) is 0.160. The van der Waals surface area contributed by atoms with Gasteiger partial charge in [0.15, 0.2) is 0 Å². The van der Waals surface area contributed by atoms with Gasteiger partial charge in [0.2, 0.25) is 0 Å². The summed E-state index contributed by atoms with van der Waals surface area (Å²) in [5.74, 6) is 0. The number of hydrogen-bond acceptors (Lipinski definition) is 4. The first kappa shape index (κ1) is 55.1. The summed E-state index contributed by atoms with van der Waals surface area (Å²) in [6.07, 6.45) is 1.07. The van der Waals surface area contributed by atoms with Crippen LogP contribution >= 0.6 is 0 Å². The Hall–Kier alpha value is -7.76. The molecule has 4 aliphatic rings. The standard InChI is InChI=1S/C80H84BN3O/c1-48-40-60-61(80(17,18)57-26-21-20-25-56(57)79(60,15)16)46-66(48)84-67-45-59-58(77(11,12)47-78(59,13)14)44-63(67)81-62-41-51(76(8,9)10)34-39-64(62)83(65-27-23-29-71-72(65)55-24-19-22-28-70(55)85-71)68-42-54(43-69(84)73(68)81)82(52-35-30-49(31-36-52)74(2,3)4)53-37-32-50(33-38-53)75(5,6)7/h19-46H,47H2,1-18H3. The molecule has 0 unspecified atom stereocenters. The molecule has 0 atom stereocenters. The molecule has 0 fully saturated rings. The SMILES string of the molecule is Cc1cc2c(cc1N1c3cc4c(cc3B3c5cc(C(C)(C)C)ccc5N(c5cccc6oc7ccccc7c56)c5cc(N(c6ccc(C(C)(C)C)cc6)c6ccc(C(C)(C)C)cc6)cc1c53)C(C)(C)CC4(C)C)C(C)(C)c1ccccc1C2(C)C. The summed E-state index contributed by atoms with van der Waals surface area (Å²) in [4.78, 5) is 7.89. The number of rotatable bonds is 5. The van der Waals surface area contributed by atoms with Crippen LogP contribution in [-0.4, -0.2) is 6.71 Å². The second-order valence-corrected chi connectivity index (χ2v) is 31.1. The van der Waals surface area contributed by atoms with E-state index >= 15 is 0 Å². The van der Waals surface area contributed by atoms with Crippen molar-refractivity contribution in [3.63, 3.8) is 0 Å². The van der Waals surface area contributed by atoms with Crippen LogP contribution < -0.4 is 31.1 Å². The van der Waals surface area contributed by atoms with Gasteiger partial charge in [-0.3, -0.25) is 0 Å². The van der Waals surface area contributed by atoms with Crippen LogP contribution in [0.25, 0.3) is 21.9 Å². The summed E-state index contributed by atoms with van der Waals surface area (Å²) in [6.45, 7) is 42.9. The summed E-state index contributed by atoms with van der Waals surface area (Å²) in [7, 11) is 0. The van der Waals surface area contributed by atoms with E-state index < -0.39 is 0 Å². The molecule has 5 heteroatoms. The zero-order valence-electron chi connectivity index (χ0n) is 53.7. The Morgan fingerprint density at radius 2 is 0.882 bits per heavy atom. The predicted octanol–water partition coefficient (Wildman–Crippen LogP) is 20.3. The summed E-state index contributed by atoms with van der Waals surface area (Å²) in [5, 5.41) is 2.22. The predicted molar refractivity (Wildman–Crippen MR) is 365 cm³/mol. The van der Waals surface area contributed by atoms with Crippen molar-refractivity contribution in [2.24, 2.45) is 0 Å². The molecule has 3 heterocycles.